The van der Waals surface area contributed by atoms with E-state index in [9.17, 15) is 9.50 Å². The number of benzene rings is 2. The van der Waals surface area contributed by atoms with Crippen LogP contribution in [0.15, 0.2) is 54.6 Å². The fourth-order valence-electron chi connectivity index (χ4n) is 3.57. The molecule has 0 unspecified atom stereocenters. The number of halogens is 1. The van der Waals surface area contributed by atoms with Crippen molar-refractivity contribution < 1.29 is 14.2 Å². The molecule has 31 heavy (non-hydrogen) atoms. The van der Waals surface area contributed by atoms with Crippen LogP contribution in [0, 0.1) is 12.7 Å². The molecule has 5 nitrogen and oxygen atoms in total. The number of hydrogen-bond acceptors (Lipinski definition) is 4. The van der Waals surface area contributed by atoms with Crippen molar-refractivity contribution in [1.29, 1.82) is 0 Å². The molecule has 6 heteroatoms. The summed E-state index contributed by atoms with van der Waals surface area (Å²) in [5.74, 6) is 0.624. The molecule has 1 atom stereocenters. The Morgan fingerprint density at radius 2 is 1.87 bits per heavy atom. The second kappa shape index (κ2) is 10.6. The number of aliphatic hydroxyl groups is 1. The number of aromatic nitrogens is 2. The van der Waals surface area contributed by atoms with E-state index in [2.05, 4.69) is 25.7 Å². The minimum atomic E-state index is -0.385. The average Bonchev–Trinajstić information content (AvgIpc) is 3.03. The summed E-state index contributed by atoms with van der Waals surface area (Å²) < 4.78 is 21.8. The van der Waals surface area contributed by atoms with Gasteiger partial charge in [-0.3, -0.25) is 4.90 Å². The van der Waals surface area contributed by atoms with Gasteiger partial charge < -0.3 is 9.84 Å². The highest BCUT2D eigenvalue weighted by molar-refractivity contribution is 5.43. The molecule has 0 saturated heterocycles. The molecule has 0 amide bonds. The van der Waals surface area contributed by atoms with E-state index < -0.39 is 0 Å². The summed E-state index contributed by atoms with van der Waals surface area (Å²) in [6.07, 6.45) is 1.31. The molecule has 3 rings (SSSR count). The number of aryl methyl sites for hydroxylation is 1. The van der Waals surface area contributed by atoms with E-state index in [1.807, 2.05) is 37.3 Å². The molecule has 0 aliphatic heterocycles. The van der Waals surface area contributed by atoms with Gasteiger partial charge in [-0.05, 0) is 51.5 Å². The normalized spacial score (nSPS) is 12.5. The maximum absolute atomic E-state index is 13.8. The van der Waals surface area contributed by atoms with E-state index in [-0.39, 0.29) is 18.0 Å². The fourth-order valence-corrected chi connectivity index (χ4v) is 3.57. The number of ether oxygens (including phenoxy) is 1. The molecule has 2 aromatic carbocycles. The molecular weight excluding hydrogens is 393 g/mol. The molecule has 0 fully saturated rings. The molecular formula is C25H32FN3O2. The summed E-state index contributed by atoms with van der Waals surface area (Å²) in [7, 11) is 0. The van der Waals surface area contributed by atoms with Gasteiger partial charge in [-0.25, -0.2) is 9.07 Å². The lowest BCUT2D eigenvalue weighted by Gasteiger charge is -2.29. The van der Waals surface area contributed by atoms with Gasteiger partial charge in [0.1, 0.15) is 11.6 Å². The second-order valence-electron chi connectivity index (χ2n) is 8.14. The number of hydrogen-bond donors (Lipinski definition) is 1. The first-order valence-corrected chi connectivity index (χ1v) is 10.9. The maximum Gasteiger partial charge on any atom is 0.227 e. The quantitative estimate of drug-likeness (QED) is 0.467. The van der Waals surface area contributed by atoms with Gasteiger partial charge in [0.15, 0.2) is 0 Å². The predicted octanol–water partition coefficient (Wildman–Crippen LogP) is 5.48. The zero-order valence-corrected chi connectivity index (χ0v) is 18.8. The van der Waals surface area contributed by atoms with Gasteiger partial charge in [-0.2, -0.15) is 5.10 Å². The first-order valence-electron chi connectivity index (χ1n) is 10.9. The topological polar surface area (TPSA) is 50.5 Å². The number of para-hydroxylation sites is 1. The Balaban J connectivity index is 2.01. The maximum atomic E-state index is 13.8. The Morgan fingerprint density at radius 3 is 2.52 bits per heavy atom. The van der Waals surface area contributed by atoms with Crippen LogP contribution in [0.2, 0.25) is 0 Å². The zero-order chi connectivity index (χ0) is 22.4. The summed E-state index contributed by atoms with van der Waals surface area (Å²) in [6, 6.07) is 16.1. The van der Waals surface area contributed by atoms with Crippen molar-refractivity contribution in [2.45, 2.75) is 59.2 Å². The lowest BCUT2D eigenvalue weighted by Crippen LogP contribution is -2.37. The average molecular weight is 426 g/mol. The molecule has 1 N–H and O–H groups in total. The fraction of sp³-hybridized carbons (Fsp3) is 0.400. The van der Waals surface area contributed by atoms with Crippen molar-refractivity contribution in [3.05, 3.63) is 71.7 Å². The van der Waals surface area contributed by atoms with Crippen molar-refractivity contribution in [1.82, 2.24) is 14.7 Å². The Labute approximate surface area is 184 Å². The molecule has 0 bridgehead atoms. The third-order valence-electron chi connectivity index (χ3n) is 5.31. The standard InChI is InChI=1S/C25H32FN3O2/c1-5-10-22(30)16-28(18(2)3)17-24-19(4)27-29(21-12-7-6-8-13-21)25(24)31-23-14-9-11-20(26)15-23/h6-9,11-15,18,22,30H,5,10,16-17H2,1-4H3/t22-/m0/s1. The van der Waals surface area contributed by atoms with Gasteiger partial charge in [0.2, 0.25) is 5.88 Å². The Kier molecular flexibility index (Phi) is 7.82. The van der Waals surface area contributed by atoms with Crippen molar-refractivity contribution in [2.24, 2.45) is 0 Å². The largest absolute Gasteiger partial charge is 0.438 e. The summed E-state index contributed by atoms with van der Waals surface area (Å²) in [5.41, 5.74) is 2.63. The van der Waals surface area contributed by atoms with E-state index in [0.29, 0.717) is 24.7 Å². The highest BCUT2D eigenvalue weighted by atomic mass is 19.1. The van der Waals surface area contributed by atoms with Crippen LogP contribution in [0.1, 0.15) is 44.9 Å². The Bertz CT molecular complexity index is 972. The molecule has 0 aliphatic rings. The molecule has 1 heterocycles. The van der Waals surface area contributed by atoms with Crippen LogP contribution in [0.3, 0.4) is 0 Å². The molecule has 0 radical (unpaired) electrons. The van der Waals surface area contributed by atoms with Crippen LogP contribution in [-0.2, 0) is 6.54 Å². The summed E-state index contributed by atoms with van der Waals surface area (Å²) in [4.78, 5) is 2.22. The van der Waals surface area contributed by atoms with E-state index in [1.54, 1.807) is 16.8 Å². The molecule has 0 saturated carbocycles. The van der Waals surface area contributed by atoms with Gasteiger partial charge in [-0.1, -0.05) is 37.6 Å². The van der Waals surface area contributed by atoms with Crippen molar-refractivity contribution in [2.75, 3.05) is 6.54 Å². The smallest absolute Gasteiger partial charge is 0.227 e. The van der Waals surface area contributed by atoms with Crippen LogP contribution in [-0.4, -0.2) is 38.5 Å². The van der Waals surface area contributed by atoms with E-state index >= 15 is 0 Å². The van der Waals surface area contributed by atoms with Crippen LogP contribution >= 0.6 is 0 Å². The highest BCUT2D eigenvalue weighted by Gasteiger charge is 2.23. The minimum Gasteiger partial charge on any atom is -0.438 e. The predicted molar refractivity (Wildman–Crippen MR) is 121 cm³/mol. The third-order valence-corrected chi connectivity index (χ3v) is 5.31. The minimum absolute atomic E-state index is 0.230. The lowest BCUT2D eigenvalue weighted by atomic mass is 10.1. The SMILES string of the molecule is CCC[C@H](O)CN(Cc1c(C)nn(-c2ccccc2)c1Oc1cccc(F)c1)C(C)C. The van der Waals surface area contributed by atoms with Gasteiger partial charge in [0.05, 0.1) is 23.0 Å². The Morgan fingerprint density at radius 1 is 1.13 bits per heavy atom. The van der Waals surface area contributed by atoms with Gasteiger partial charge in [0.25, 0.3) is 0 Å². The summed E-state index contributed by atoms with van der Waals surface area (Å²) in [5, 5.41) is 15.1. The van der Waals surface area contributed by atoms with Crippen molar-refractivity contribution >= 4 is 0 Å². The first kappa shape index (κ1) is 23.0. The summed E-state index contributed by atoms with van der Waals surface area (Å²) in [6.45, 7) is 9.39. The molecule has 0 spiro atoms. The van der Waals surface area contributed by atoms with Crippen LogP contribution in [0.5, 0.6) is 11.6 Å². The van der Waals surface area contributed by atoms with Gasteiger partial charge >= 0.3 is 0 Å². The van der Waals surface area contributed by atoms with Crippen molar-refractivity contribution in [3.63, 3.8) is 0 Å². The van der Waals surface area contributed by atoms with Crippen molar-refractivity contribution in [3.8, 4) is 17.3 Å². The number of aliphatic hydroxyl groups excluding tert-OH is 1. The molecule has 0 aliphatic carbocycles. The zero-order valence-electron chi connectivity index (χ0n) is 18.8. The van der Waals surface area contributed by atoms with Crippen LogP contribution in [0.4, 0.5) is 4.39 Å². The first-order chi connectivity index (χ1) is 14.9. The second-order valence-corrected chi connectivity index (χ2v) is 8.14. The highest BCUT2D eigenvalue weighted by Crippen LogP contribution is 2.32. The van der Waals surface area contributed by atoms with E-state index in [0.717, 1.165) is 29.8 Å². The lowest BCUT2D eigenvalue weighted by molar-refractivity contribution is 0.0837. The number of nitrogens with zero attached hydrogens (tertiary/aromatic N) is 3. The van der Waals surface area contributed by atoms with Crippen LogP contribution in [0.25, 0.3) is 5.69 Å². The molecule has 166 valence electrons. The van der Waals surface area contributed by atoms with Crippen LogP contribution < -0.4 is 4.74 Å². The Hall–Kier alpha value is -2.70. The van der Waals surface area contributed by atoms with Gasteiger partial charge in [0, 0.05) is 25.2 Å². The molecule has 1 aromatic heterocycles. The summed E-state index contributed by atoms with van der Waals surface area (Å²) >= 11 is 0. The third kappa shape index (κ3) is 5.93. The van der Waals surface area contributed by atoms with Gasteiger partial charge in [-0.15, -0.1) is 0 Å². The number of rotatable bonds is 10. The van der Waals surface area contributed by atoms with E-state index in [4.69, 9.17) is 9.84 Å². The molecule has 3 aromatic rings. The van der Waals surface area contributed by atoms with E-state index in [1.165, 1.54) is 12.1 Å². The monoisotopic (exact) mass is 425 g/mol.